The molecule has 1 unspecified atom stereocenters. The van der Waals surface area contributed by atoms with Crippen LogP contribution in [0.3, 0.4) is 0 Å². The van der Waals surface area contributed by atoms with Gasteiger partial charge in [-0.15, -0.1) is 12.4 Å². The van der Waals surface area contributed by atoms with Crippen LogP contribution in [0.2, 0.25) is 0 Å². The smallest absolute Gasteiger partial charge is 0.240 e. The van der Waals surface area contributed by atoms with Crippen molar-refractivity contribution in [1.29, 1.82) is 0 Å². The lowest BCUT2D eigenvalue weighted by molar-refractivity contribution is -0.127. The second-order valence-electron chi connectivity index (χ2n) is 4.88. The van der Waals surface area contributed by atoms with E-state index in [4.69, 9.17) is 0 Å². The molecule has 1 atom stereocenters. The molecule has 0 spiro atoms. The Hall–Kier alpha value is -1.20. The van der Waals surface area contributed by atoms with Gasteiger partial charge in [-0.05, 0) is 44.0 Å². The van der Waals surface area contributed by atoms with E-state index in [0.29, 0.717) is 6.42 Å². The van der Waals surface area contributed by atoms with Crippen molar-refractivity contribution >= 4 is 18.3 Å². The standard InChI is InChI=1S/C14H18F2N2O.ClH/c1-2-14(6-3-7-18-14)13(19)17-9-10-8-11(15)4-5-12(10)16;/h4-5,8,18H,2-3,6-7,9H2,1H3,(H,17,19);1H. The van der Waals surface area contributed by atoms with E-state index in [9.17, 15) is 13.6 Å². The van der Waals surface area contributed by atoms with Crippen molar-refractivity contribution < 1.29 is 13.6 Å². The van der Waals surface area contributed by atoms with Gasteiger partial charge in [0.05, 0.1) is 5.54 Å². The Balaban J connectivity index is 0.00000200. The van der Waals surface area contributed by atoms with Crippen LogP contribution < -0.4 is 10.6 Å². The third kappa shape index (κ3) is 3.46. The van der Waals surface area contributed by atoms with Gasteiger partial charge in [-0.25, -0.2) is 8.78 Å². The summed E-state index contributed by atoms with van der Waals surface area (Å²) in [5, 5.41) is 5.89. The quantitative estimate of drug-likeness (QED) is 0.897. The van der Waals surface area contributed by atoms with Crippen molar-refractivity contribution in [2.24, 2.45) is 0 Å². The number of rotatable bonds is 4. The Morgan fingerprint density at radius 3 is 2.80 bits per heavy atom. The molecule has 1 amide bonds. The van der Waals surface area contributed by atoms with Crippen molar-refractivity contribution in [3.8, 4) is 0 Å². The Morgan fingerprint density at radius 1 is 1.45 bits per heavy atom. The van der Waals surface area contributed by atoms with Gasteiger partial charge < -0.3 is 10.6 Å². The molecule has 112 valence electrons. The SMILES string of the molecule is CCC1(C(=O)NCc2cc(F)ccc2F)CCCN1.Cl. The van der Waals surface area contributed by atoms with E-state index in [-0.39, 0.29) is 30.4 Å². The van der Waals surface area contributed by atoms with Gasteiger partial charge in [0.2, 0.25) is 5.91 Å². The Labute approximate surface area is 123 Å². The van der Waals surface area contributed by atoms with E-state index < -0.39 is 17.2 Å². The van der Waals surface area contributed by atoms with Crippen LogP contribution in [0, 0.1) is 11.6 Å². The first-order valence-corrected chi connectivity index (χ1v) is 6.54. The summed E-state index contributed by atoms with van der Waals surface area (Å²) in [6.45, 7) is 2.77. The molecule has 2 N–H and O–H groups in total. The number of carbonyl (C=O) groups excluding carboxylic acids is 1. The highest BCUT2D eigenvalue weighted by Gasteiger charge is 2.38. The minimum absolute atomic E-state index is 0. The predicted octanol–water partition coefficient (Wildman–Crippen LogP) is 2.54. The fourth-order valence-corrected chi connectivity index (χ4v) is 2.49. The van der Waals surface area contributed by atoms with Crippen LogP contribution in [0.4, 0.5) is 8.78 Å². The minimum atomic E-state index is -0.552. The van der Waals surface area contributed by atoms with Crippen molar-refractivity contribution in [2.45, 2.75) is 38.3 Å². The maximum absolute atomic E-state index is 13.4. The number of amides is 1. The Kier molecular flexibility index (Phi) is 5.89. The van der Waals surface area contributed by atoms with Crippen LogP contribution in [0.1, 0.15) is 31.7 Å². The van der Waals surface area contributed by atoms with E-state index in [0.717, 1.165) is 37.6 Å². The number of benzene rings is 1. The average molecular weight is 305 g/mol. The van der Waals surface area contributed by atoms with E-state index in [1.807, 2.05) is 6.92 Å². The molecule has 0 aliphatic carbocycles. The normalized spacial score (nSPS) is 21.4. The summed E-state index contributed by atoms with van der Waals surface area (Å²) >= 11 is 0. The molecule has 0 aromatic heterocycles. The summed E-state index contributed by atoms with van der Waals surface area (Å²) in [7, 11) is 0. The molecule has 1 saturated heterocycles. The van der Waals surface area contributed by atoms with Gasteiger partial charge in [-0.1, -0.05) is 6.92 Å². The molecule has 1 aliphatic heterocycles. The van der Waals surface area contributed by atoms with Gasteiger partial charge in [-0.2, -0.15) is 0 Å². The molecule has 1 heterocycles. The highest BCUT2D eigenvalue weighted by molar-refractivity contribution is 5.86. The van der Waals surface area contributed by atoms with Crippen LogP contribution in [0.5, 0.6) is 0 Å². The molecule has 1 aromatic rings. The predicted molar refractivity (Wildman–Crippen MR) is 75.7 cm³/mol. The van der Waals surface area contributed by atoms with Gasteiger partial charge in [0.25, 0.3) is 0 Å². The summed E-state index contributed by atoms with van der Waals surface area (Å²) in [6.07, 6.45) is 2.42. The third-order valence-electron chi connectivity index (χ3n) is 3.73. The van der Waals surface area contributed by atoms with Crippen LogP contribution in [-0.2, 0) is 11.3 Å². The highest BCUT2D eigenvalue weighted by atomic mass is 35.5. The van der Waals surface area contributed by atoms with Gasteiger partial charge >= 0.3 is 0 Å². The molecule has 0 radical (unpaired) electrons. The average Bonchev–Trinajstić information content (AvgIpc) is 2.89. The van der Waals surface area contributed by atoms with Crippen molar-refractivity contribution in [2.75, 3.05) is 6.54 Å². The highest BCUT2D eigenvalue weighted by Crippen LogP contribution is 2.23. The first-order chi connectivity index (χ1) is 9.07. The van der Waals surface area contributed by atoms with Crippen molar-refractivity contribution in [1.82, 2.24) is 10.6 Å². The second-order valence-corrected chi connectivity index (χ2v) is 4.88. The Morgan fingerprint density at radius 2 is 2.20 bits per heavy atom. The van der Waals surface area contributed by atoms with E-state index >= 15 is 0 Å². The van der Waals surface area contributed by atoms with Crippen molar-refractivity contribution in [3.63, 3.8) is 0 Å². The molecule has 0 saturated carbocycles. The van der Waals surface area contributed by atoms with Gasteiger partial charge in [0.1, 0.15) is 11.6 Å². The summed E-state index contributed by atoms with van der Waals surface area (Å²) in [5.41, 5.74) is -0.387. The number of carbonyl (C=O) groups is 1. The lowest BCUT2D eigenvalue weighted by Crippen LogP contribution is -2.52. The fourth-order valence-electron chi connectivity index (χ4n) is 2.49. The molecule has 1 fully saturated rings. The van der Waals surface area contributed by atoms with Crippen molar-refractivity contribution in [3.05, 3.63) is 35.4 Å². The topological polar surface area (TPSA) is 41.1 Å². The Bertz CT molecular complexity index is 476. The second kappa shape index (κ2) is 6.99. The van der Waals surface area contributed by atoms with Crippen LogP contribution in [-0.4, -0.2) is 18.0 Å². The van der Waals surface area contributed by atoms with Gasteiger partial charge in [0, 0.05) is 12.1 Å². The lowest BCUT2D eigenvalue weighted by Gasteiger charge is -2.26. The molecule has 20 heavy (non-hydrogen) atoms. The molecule has 3 nitrogen and oxygen atoms in total. The summed E-state index contributed by atoms with van der Waals surface area (Å²) in [6, 6.07) is 3.24. The molecule has 1 aliphatic rings. The van der Waals surface area contributed by atoms with E-state index in [1.165, 1.54) is 0 Å². The zero-order valence-corrected chi connectivity index (χ0v) is 12.2. The molecule has 0 bridgehead atoms. The maximum atomic E-state index is 13.4. The minimum Gasteiger partial charge on any atom is -0.350 e. The first-order valence-electron chi connectivity index (χ1n) is 6.54. The lowest BCUT2D eigenvalue weighted by atomic mass is 9.93. The summed E-state index contributed by atoms with van der Waals surface area (Å²) in [5.74, 6) is -1.15. The number of hydrogen-bond donors (Lipinski definition) is 2. The van der Waals surface area contributed by atoms with E-state index in [1.54, 1.807) is 0 Å². The van der Waals surface area contributed by atoms with E-state index in [2.05, 4.69) is 10.6 Å². The molecule has 2 rings (SSSR count). The monoisotopic (exact) mass is 304 g/mol. The van der Waals surface area contributed by atoms with Crippen LogP contribution in [0.25, 0.3) is 0 Å². The largest absolute Gasteiger partial charge is 0.350 e. The molecular weight excluding hydrogens is 286 g/mol. The first kappa shape index (κ1) is 16.9. The summed E-state index contributed by atoms with van der Waals surface area (Å²) < 4.78 is 26.5. The number of hydrogen-bond acceptors (Lipinski definition) is 2. The van der Waals surface area contributed by atoms with Gasteiger partial charge in [-0.3, -0.25) is 4.79 Å². The maximum Gasteiger partial charge on any atom is 0.240 e. The summed E-state index contributed by atoms with van der Waals surface area (Å²) in [4.78, 5) is 12.2. The zero-order valence-electron chi connectivity index (χ0n) is 11.3. The molecule has 1 aromatic carbocycles. The zero-order chi connectivity index (χ0) is 13.9. The number of nitrogens with one attached hydrogen (secondary N) is 2. The molecular formula is C14H19ClF2N2O. The number of halogens is 3. The molecule has 6 heteroatoms. The third-order valence-corrected chi connectivity index (χ3v) is 3.73. The van der Waals surface area contributed by atoms with Crippen LogP contribution >= 0.6 is 12.4 Å². The van der Waals surface area contributed by atoms with Crippen LogP contribution in [0.15, 0.2) is 18.2 Å². The fraction of sp³-hybridized carbons (Fsp3) is 0.500. The van der Waals surface area contributed by atoms with Gasteiger partial charge in [0.15, 0.2) is 0 Å².